The molecule has 1 atom stereocenters. The summed E-state index contributed by atoms with van der Waals surface area (Å²) in [6.07, 6.45) is 3.84. The Balaban J connectivity index is 2.08. The summed E-state index contributed by atoms with van der Waals surface area (Å²) in [4.78, 5) is 1.51. The summed E-state index contributed by atoms with van der Waals surface area (Å²) in [5.41, 5.74) is 1.43. The molecule has 3 rings (SSSR count). The van der Waals surface area contributed by atoms with Crippen molar-refractivity contribution in [2.45, 2.75) is 25.2 Å². The molecule has 2 aromatic rings. The van der Waals surface area contributed by atoms with E-state index in [0.29, 0.717) is 5.92 Å². The SMILES string of the molecule is C=C1CCCC1c1cc2ccccc2s1. The maximum absolute atomic E-state index is 4.19. The van der Waals surface area contributed by atoms with Crippen molar-refractivity contribution in [3.8, 4) is 0 Å². The fourth-order valence-electron chi connectivity index (χ4n) is 2.43. The van der Waals surface area contributed by atoms with Crippen LogP contribution < -0.4 is 0 Å². The molecule has 0 radical (unpaired) electrons. The van der Waals surface area contributed by atoms with Gasteiger partial charge in [-0.25, -0.2) is 0 Å². The first-order chi connectivity index (χ1) is 7.34. The molecule has 1 unspecified atom stereocenters. The van der Waals surface area contributed by atoms with Crippen molar-refractivity contribution in [3.05, 3.63) is 47.4 Å². The van der Waals surface area contributed by atoms with E-state index in [9.17, 15) is 0 Å². The van der Waals surface area contributed by atoms with Crippen molar-refractivity contribution in [2.24, 2.45) is 0 Å². The minimum absolute atomic E-state index is 0.641. The monoisotopic (exact) mass is 214 g/mol. The molecule has 1 heterocycles. The molecule has 1 saturated carbocycles. The van der Waals surface area contributed by atoms with Crippen LogP contribution in [0.1, 0.15) is 30.1 Å². The Bertz CT molecular complexity index is 474. The first-order valence-corrected chi connectivity index (χ1v) is 6.32. The minimum Gasteiger partial charge on any atom is -0.140 e. The Morgan fingerprint density at radius 3 is 2.87 bits per heavy atom. The Labute approximate surface area is 94.2 Å². The second kappa shape index (κ2) is 3.49. The maximum atomic E-state index is 4.19. The average Bonchev–Trinajstić information content (AvgIpc) is 2.82. The van der Waals surface area contributed by atoms with E-state index in [1.165, 1.54) is 39.8 Å². The molecular formula is C14H14S. The Morgan fingerprint density at radius 1 is 1.27 bits per heavy atom. The third-order valence-corrected chi connectivity index (χ3v) is 4.50. The molecule has 0 saturated heterocycles. The van der Waals surface area contributed by atoms with Gasteiger partial charge in [0.2, 0.25) is 0 Å². The van der Waals surface area contributed by atoms with Crippen molar-refractivity contribution in [3.63, 3.8) is 0 Å². The van der Waals surface area contributed by atoms with Crippen LogP contribution in [-0.2, 0) is 0 Å². The number of allylic oxidation sites excluding steroid dienone is 1. The normalized spacial score (nSPS) is 21.3. The Hall–Kier alpha value is -1.08. The summed E-state index contributed by atoms with van der Waals surface area (Å²) in [5.74, 6) is 0.641. The van der Waals surface area contributed by atoms with Crippen LogP contribution in [0.3, 0.4) is 0 Å². The van der Waals surface area contributed by atoms with Crippen LogP contribution in [-0.4, -0.2) is 0 Å². The largest absolute Gasteiger partial charge is 0.140 e. The second-order valence-corrected chi connectivity index (χ2v) is 5.41. The second-order valence-electron chi connectivity index (χ2n) is 4.29. The van der Waals surface area contributed by atoms with Crippen molar-refractivity contribution < 1.29 is 0 Å². The lowest BCUT2D eigenvalue weighted by Gasteiger charge is -2.06. The molecule has 0 N–H and O–H groups in total. The van der Waals surface area contributed by atoms with Crippen molar-refractivity contribution in [1.82, 2.24) is 0 Å². The van der Waals surface area contributed by atoms with Crippen molar-refractivity contribution in [2.75, 3.05) is 0 Å². The predicted molar refractivity (Wildman–Crippen MR) is 67.6 cm³/mol. The van der Waals surface area contributed by atoms with Gasteiger partial charge in [-0.1, -0.05) is 30.4 Å². The zero-order valence-electron chi connectivity index (χ0n) is 8.70. The van der Waals surface area contributed by atoms with E-state index in [-0.39, 0.29) is 0 Å². The van der Waals surface area contributed by atoms with Gasteiger partial charge in [-0.05, 0) is 36.8 Å². The van der Waals surface area contributed by atoms with Crippen LogP contribution in [0.5, 0.6) is 0 Å². The van der Waals surface area contributed by atoms with Crippen molar-refractivity contribution in [1.29, 1.82) is 0 Å². The van der Waals surface area contributed by atoms with Crippen LogP contribution in [0.2, 0.25) is 0 Å². The number of benzene rings is 1. The van der Waals surface area contributed by atoms with E-state index < -0.39 is 0 Å². The third-order valence-electron chi connectivity index (χ3n) is 3.27. The van der Waals surface area contributed by atoms with E-state index in [1.807, 2.05) is 11.3 Å². The van der Waals surface area contributed by atoms with E-state index in [2.05, 4.69) is 36.9 Å². The lowest BCUT2D eigenvalue weighted by Crippen LogP contribution is -1.89. The van der Waals surface area contributed by atoms with Crippen LogP contribution in [0, 0.1) is 0 Å². The number of rotatable bonds is 1. The molecule has 1 aromatic carbocycles. The molecule has 76 valence electrons. The molecule has 1 heteroatoms. The van der Waals surface area contributed by atoms with Gasteiger partial charge in [0.25, 0.3) is 0 Å². The van der Waals surface area contributed by atoms with Gasteiger partial charge in [-0.2, -0.15) is 0 Å². The van der Waals surface area contributed by atoms with Gasteiger partial charge in [0.05, 0.1) is 0 Å². The summed E-state index contributed by atoms with van der Waals surface area (Å²) >= 11 is 1.94. The van der Waals surface area contributed by atoms with E-state index in [4.69, 9.17) is 0 Å². The zero-order valence-corrected chi connectivity index (χ0v) is 9.52. The molecule has 0 bridgehead atoms. The van der Waals surface area contributed by atoms with E-state index in [0.717, 1.165) is 0 Å². The molecule has 1 fully saturated rings. The standard InChI is InChI=1S/C14H14S/c1-10-5-4-7-12(10)14-9-11-6-2-3-8-13(11)15-14/h2-3,6,8-9,12H,1,4-5,7H2. The number of fused-ring (bicyclic) bond motifs is 1. The predicted octanol–water partition coefficient (Wildman–Crippen LogP) is 4.73. The first kappa shape index (κ1) is 9.17. The minimum atomic E-state index is 0.641. The van der Waals surface area contributed by atoms with Gasteiger partial charge in [-0.3, -0.25) is 0 Å². The lowest BCUT2D eigenvalue weighted by molar-refractivity contribution is 0.806. The van der Waals surface area contributed by atoms with Gasteiger partial charge in [-0.15, -0.1) is 11.3 Å². The van der Waals surface area contributed by atoms with Gasteiger partial charge in [0, 0.05) is 15.5 Å². The molecule has 15 heavy (non-hydrogen) atoms. The van der Waals surface area contributed by atoms with E-state index in [1.54, 1.807) is 0 Å². The Morgan fingerprint density at radius 2 is 2.13 bits per heavy atom. The summed E-state index contributed by atoms with van der Waals surface area (Å²) in [6.45, 7) is 4.19. The molecule has 1 aliphatic rings. The maximum Gasteiger partial charge on any atom is 0.0345 e. The Kier molecular flexibility index (Phi) is 2.14. The summed E-state index contributed by atoms with van der Waals surface area (Å²) in [6, 6.07) is 11.0. The van der Waals surface area contributed by atoms with Gasteiger partial charge < -0.3 is 0 Å². The number of thiophene rings is 1. The smallest absolute Gasteiger partial charge is 0.0345 e. The molecule has 0 spiro atoms. The fraction of sp³-hybridized carbons (Fsp3) is 0.286. The van der Waals surface area contributed by atoms with Crippen molar-refractivity contribution >= 4 is 21.4 Å². The van der Waals surface area contributed by atoms with Gasteiger partial charge in [0.15, 0.2) is 0 Å². The van der Waals surface area contributed by atoms with Gasteiger partial charge in [0.1, 0.15) is 0 Å². The molecule has 0 nitrogen and oxygen atoms in total. The van der Waals surface area contributed by atoms with Crippen LogP contribution in [0.25, 0.3) is 10.1 Å². The molecule has 0 amide bonds. The quantitative estimate of drug-likeness (QED) is 0.602. The third kappa shape index (κ3) is 1.51. The molecule has 1 aromatic heterocycles. The fourth-order valence-corrected chi connectivity index (χ4v) is 3.69. The molecule has 0 aliphatic heterocycles. The summed E-state index contributed by atoms with van der Waals surface area (Å²) in [5, 5.41) is 1.39. The first-order valence-electron chi connectivity index (χ1n) is 5.51. The topological polar surface area (TPSA) is 0 Å². The van der Waals surface area contributed by atoms with Crippen LogP contribution >= 0.6 is 11.3 Å². The van der Waals surface area contributed by atoms with Crippen LogP contribution in [0.15, 0.2) is 42.5 Å². The molecule has 1 aliphatic carbocycles. The average molecular weight is 214 g/mol. The van der Waals surface area contributed by atoms with E-state index >= 15 is 0 Å². The highest BCUT2D eigenvalue weighted by Crippen LogP contribution is 2.42. The summed E-state index contributed by atoms with van der Waals surface area (Å²) in [7, 11) is 0. The highest BCUT2D eigenvalue weighted by Gasteiger charge is 2.22. The zero-order chi connectivity index (χ0) is 10.3. The van der Waals surface area contributed by atoms with Gasteiger partial charge >= 0.3 is 0 Å². The molecular weight excluding hydrogens is 200 g/mol. The highest BCUT2D eigenvalue weighted by molar-refractivity contribution is 7.19. The highest BCUT2D eigenvalue weighted by atomic mass is 32.1. The summed E-state index contributed by atoms with van der Waals surface area (Å²) < 4.78 is 1.41. The van der Waals surface area contributed by atoms with Crippen LogP contribution in [0.4, 0.5) is 0 Å². The lowest BCUT2D eigenvalue weighted by atomic mass is 10.0. The number of hydrogen-bond donors (Lipinski definition) is 0. The number of hydrogen-bond acceptors (Lipinski definition) is 1.